The average Bonchev–Trinajstić information content (AvgIpc) is 2.98. The van der Waals surface area contributed by atoms with Gasteiger partial charge >= 0.3 is 0 Å². The fraction of sp³-hybridized carbons (Fsp3) is 1.00. The van der Waals surface area contributed by atoms with E-state index in [-0.39, 0.29) is 0 Å². The van der Waals surface area contributed by atoms with E-state index in [2.05, 4.69) is 24.0 Å². The van der Waals surface area contributed by atoms with Gasteiger partial charge in [-0.1, -0.05) is 0 Å². The standard InChI is InChI=1S/C11H23NOS/c1-10(3-2-7-13)12-6-8-14-9-11-4-5-11/h10-13H,2-9H2,1H3. The zero-order chi connectivity index (χ0) is 10.2. The van der Waals surface area contributed by atoms with Gasteiger partial charge in [0, 0.05) is 24.9 Å². The molecule has 1 saturated carbocycles. The summed E-state index contributed by atoms with van der Waals surface area (Å²) in [5.74, 6) is 3.65. The van der Waals surface area contributed by atoms with E-state index in [4.69, 9.17) is 5.11 Å². The fourth-order valence-electron chi connectivity index (χ4n) is 1.41. The summed E-state index contributed by atoms with van der Waals surface area (Å²) in [5.41, 5.74) is 0. The molecule has 3 heteroatoms. The van der Waals surface area contributed by atoms with Gasteiger partial charge < -0.3 is 10.4 Å². The minimum absolute atomic E-state index is 0.322. The number of nitrogens with one attached hydrogen (secondary N) is 1. The maximum Gasteiger partial charge on any atom is 0.0431 e. The molecule has 1 unspecified atom stereocenters. The van der Waals surface area contributed by atoms with Crippen molar-refractivity contribution in [1.29, 1.82) is 0 Å². The molecule has 14 heavy (non-hydrogen) atoms. The molecule has 0 bridgehead atoms. The zero-order valence-corrected chi connectivity index (χ0v) is 9.98. The highest BCUT2D eigenvalue weighted by Gasteiger charge is 2.20. The summed E-state index contributed by atoms with van der Waals surface area (Å²) >= 11 is 2.08. The third-order valence-corrected chi connectivity index (χ3v) is 3.78. The fourth-order valence-corrected chi connectivity index (χ4v) is 2.51. The van der Waals surface area contributed by atoms with Gasteiger partial charge in [0.15, 0.2) is 0 Å². The van der Waals surface area contributed by atoms with Crippen molar-refractivity contribution in [2.75, 3.05) is 24.7 Å². The van der Waals surface area contributed by atoms with E-state index >= 15 is 0 Å². The lowest BCUT2D eigenvalue weighted by molar-refractivity contribution is 0.277. The lowest BCUT2D eigenvalue weighted by Crippen LogP contribution is -2.28. The summed E-state index contributed by atoms with van der Waals surface area (Å²) in [6, 6.07) is 0.559. The van der Waals surface area contributed by atoms with Crippen LogP contribution in [0.4, 0.5) is 0 Å². The molecule has 1 aliphatic rings. The van der Waals surface area contributed by atoms with Gasteiger partial charge in [0.05, 0.1) is 0 Å². The van der Waals surface area contributed by atoms with Gasteiger partial charge in [-0.25, -0.2) is 0 Å². The number of aliphatic hydroxyl groups excluding tert-OH is 1. The highest BCUT2D eigenvalue weighted by molar-refractivity contribution is 7.99. The normalized spacial score (nSPS) is 18.4. The van der Waals surface area contributed by atoms with Crippen molar-refractivity contribution in [3.8, 4) is 0 Å². The van der Waals surface area contributed by atoms with E-state index in [1.165, 1.54) is 24.3 Å². The van der Waals surface area contributed by atoms with Crippen molar-refractivity contribution in [3.05, 3.63) is 0 Å². The smallest absolute Gasteiger partial charge is 0.0431 e. The van der Waals surface area contributed by atoms with Crippen LogP contribution in [0, 0.1) is 5.92 Å². The molecule has 0 heterocycles. The molecule has 0 radical (unpaired) electrons. The van der Waals surface area contributed by atoms with Crippen molar-refractivity contribution in [2.45, 2.75) is 38.6 Å². The molecular weight excluding hydrogens is 194 g/mol. The Bertz CT molecular complexity index is 139. The first kappa shape index (κ1) is 12.3. The predicted molar refractivity (Wildman–Crippen MR) is 63.8 cm³/mol. The minimum Gasteiger partial charge on any atom is -0.396 e. The Kier molecular flexibility index (Phi) is 6.65. The Morgan fingerprint density at radius 2 is 2.29 bits per heavy atom. The lowest BCUT2D eigenvalue weighted by Gasteiger charge is -2.12. The molecule has 1 atom stereocenters. The predicted octanol–water partition coefficient (Wildman–Crippen LogP) is 1.88. The molecule has 1 rings (SSSR count). The largest absolute Gasteiger partial charge is 0.396 e. The van der Waals surface area contributed by atoms with Crippen LogP contribution in [-0.4, -0.2) is 35.8 Å². The summed E-state index contributed by atoms with van der Waals surface area (Å²) < 4.78 is 0. The molecule has 2 N–H and O–H groups in total. The average molecular weight is 217 g/mol. The van der Waals surface area contributed by atoms with Crippen molar-refractivity contribution >= 4 is 11.8 Å². The highest BCUT2D eigenvalue weighted by atomic mass is 32.2. The molecule has 1 fully saturated rings. The summed E-state index contributed by atoms with van der Waals surface area (Å²) in [7, 11) is 0. The van der Waals surface area contributed by atoms with Crippen LogP contribution in [-0.2, 0) is 0 Å². The molecule has 2 nitrogen and oxygen atoms in total. The number of hydrogen-bond donors (Lipinski definition) is 2. The number of rotatable bonds is 9. The van der Waals surface area contributed by atoms with E-state index in [0.29, 0.717) is 12.6 Å². The topological polar surface area (TPSA) is 32.3 Å². The van der Waals surface area contributed by atoms with Crippen molar-refractivity contribution in [2.24, 2.45) is 5.92 Å². The van der Waals surface area contributed by atoms with Crippen LogP contribution < -0.4 is 5.32 Å². The van der Waals surface area contributed by atoms with Crippen LogP contribution in [0.5, 0.6) is 0 Å². The second-order valence-electron chi connectivity index (χ2n) is 4.24. The number of hydrogen-bond acceptors (Lipinski definition) is 3. The van der Waals surface area contributed by atoms with Crippen LogP contribution in [0.25, 0.3) is 0 Å². The minimum atomic E-state index is 0.322. The lowest BCUT2D eigenvalue weighted by atomic mass is 10.2. The van der Waals surface area contributed by atoms with Crippen LogP contribution >= 0.6 is 11.8 Å². The Morgan fingerprint density at radius 3 is 2.93 bits per heavy atom. The number of thioether (sulfide) groups is 1. The van der Waals surface area contributed by atoms with E-state index in [9.17, 15) is 0 Å². The Morgan fingerprint density at radius 1 is 1.50 bits per heavy atom. The van der Waals surface area contributed by atoms with Crippen molar-refractivity contribution < 1.29 is 5.11 Å². The second-order valence-corrected chi connectivity index (χ2v) is 5.39. The maximum atomic E-state index is 8.66. The summed E-state index contributed by atoms with van der Waals surface area (Å²) in [6.07, 6.45) is 4.94. The first-order chi connectivity index (χ1) is 6.83. The third-order valence-electron chi connectivity index (χ3n) is 2.58. The molecule has 84 valence electrons. The summed E-state index contributed by atoms with van der Waals surface area (Å²) in [4.78, 5) is 0. The highest BCUT2D eigenvalue weighted by Crippen LogP contribution is 2.32. The Hall–Kier alpha value is 0.270. The van der Waals surface area contributed by atoms with Crippen LogP contribution in [0.3, 0.4) is 0 Å². The molecule has 1 aliphatic carbocycles. The molecule has 0 saturated heterocycles. The second kappa shape index (κ2) is 7.55. The Balaban J connectivity index is 1.77. The summed E-state index contributed by atoms with van der Waals surface area (Å²) in [6.45, 7) is 3.63. The van der Waals surface area contributed by atoms with Gasteiger partial charge in [-0.05, 0) is 44.3 Å². The SMILES string of the molecule is CC(CCCO)NCCSCC1CC1. The zero-order valence-electron chi connectivity index (χ0n) is 9.17. The Labute approximate surface area is 91.9 Å². The quantitative estimate of drug-likeness (QED) is 0.578. The van der Waals surface area contributed by atoms with Gasteiger partial charge in [-0.15, -0.1) is 0 Å². The van der Waals surface area contributed by atoms with E-state index in [0.717, 1.165) is 25.3 Å². The third kappa shape index (κ3) is 6.68. The van der Waals surface area contributed by atoms with Crippen LogP contribution in [0.1, 0.15) is 32.6 Å². The monoisotopic (exact) mass is 217 g/mol. The van der Waals surface area contributed by atoms with Crippen molar-refractivity contribution in [1.82, 2.24) is 5.32 Å². The van der Waals surface area contributed by atoms with Gasteiger partial charge in [-0.2, -0.15) is 11.8 Å². The van der Waals surface area contributed by atoms with E-state index in [1.807, 2.05) is 0 Å². The first-order valence-electron chi connectivity index (χ1n) is 5.75. The molecule has 0 aromatic carbocycles. The van der Waals surface area contributed by atoms with Crippen LogP contribution in [0.2, 0.25) is 0 Å². The van der Waals surface area contributed by atoms with E-state index in [1.54, 1.807) is 0 Å². The molecular formula is C11H23NOS. The van der Waals surface area contributed by atoms with Crippen LogP contribution in [0.15, 0.2) is 0 Å². The van der Waals surface area contributed by atoms with Gasteiger partial charge in [0.25, 0.3) is 0 Å². The summed E-state index contributed by atoms with van der Waals surface area (Å²) in [5, 5.41) is 12.1. The molecule has 0 spiro atoms. The maximum absolute atomic E-state index is 8.66. The molecule has 0 amide bonds. The first-order valence-corrected chi connectivity index (χ1v) is 6.90. The molecule has 0 aliphatic heterocycles. The molecule has 0 aromatic rings. The van der Waals surface area contributed by atoms with Gasteiger partial charge in [0.2, 0.25) is 0 Å². The van der Waals surface area contributed by atoms with Gasteiger partial charge in [-0.3, -0.25) is 0 Å². The van der Waals surface area contributed by atoms with Crippen molar-refractivity contribution in [3.63, 3.8) is 0 Å². The van der Waals surface area contributed by atoms with Gasteiger partial charge in [0.1, 0.15) is 0 Å². The van der Waals surface area contributed by atoms with E-state index < -0.39 is 0 Å². The number of aliphatic hydroxyl groups is 1. The molecule has 0 aromatic heterocycles.